The SMILES string of the molecule is CCOC(=O)Cn1c(=NC(=O)c2coc3ccccc3c2=O)sc2cc(S(C)(=O)=O)ccc21. The molecule has 0 N–H and O–H groups in total. The molecule has 0 aliphatic rings. The first-order valence-corrected chi connectivity index (χ1v) is 12.5. The van der Waals surface area contributed by atoms with Gasteiger partial charge in [0.1, 0.15) is 24.0 Å². The summed E-state index contributed by atoms with van der Waals surface area (Å²) in [7, 11) is -3.47. The quantitative estimate of drug-likeness (QED) is 0.397. The van der Waals surface area contributed by atoms with Crippen LogP contribution in [0.4, 0.5) is 0 Å². The number of fused-ring (bicyclic) bond motifs is 2. The first-order valence-electron chi connectivity index (χ1n) is 9.77. The summed E-state index contributed by atoms with van der Waals surface area (Å²) in [5.74, 6) is -1.40. The third-order valence-corrected chi connectivity index (χ3v) is 6.93. The number of aromatic nitrogens is 1. The maximum atomic E-state index is 12.9. The lowest BCUT2D eigenvalue weighted by Gasteiger charge is -2.05. The molecular weight excluding hydrogens is 468 g/mol. The number of sulfone groups is 1. The molecule has 9 nitrogen and oxygen atoms in total. The minimum absolute atomic E-state index is 0.0904. The van der Waals surface area contributed by atoms with E-state index in [2.05, 4.69) is 4.99 Å². The second-order valence-electron chi connectivity index (χ2n) is 7.07. The molecule has 2 heterocycles. The van der Waals surface area contributed by atoms with Crippen LogP contribution in [0.2, 0.25) is 0 Å². The van der Waals surface area contributed by atoms with Crippen LogP contribution in [0, 0.1) is 0 Å². The van der Waals surface area contributed by atoms with Gasteiger partial charge in [0.2, 0.25) is 5.43 Å². The van der Waals surface area contributed by atoms with Crippen molar-refractivity contribution in [3.63, 3.8) is 0 Å². The Hall–Kier alpha value is -3.57. The number of thiazole rings is 1. The van der Waals surface area contributed by atoms with E-state index in [1.165, 1.54) is 22.8 Å². The minimum Gasteiger partial charge on any atom is -0.465 e. The number of hydrogen-bond acceptors (Lipinski definition) is 8. The second-order valence-corrected chi connectivity index (χ2v) is 10.1. The van der Waals surface area contributed by atoms with Gasteiger partial charge in [-0.1, -0.05) is 23.5 Å². The standard InChI is InChI=1S/C22H18N2O7S2/c1-3-30-19(25)11-24-16-9-8-13(33(2,28)29)10-18(16)32-22(24)23-21(27)15-12-31-17-7-5-4-6-14(17)20(15)26/h4-10,12H,3,11H2,1-2H3. The first-order chi connectivity index (χ1) is 15.7. The highest BCUT2D eigenvalue weighted by molar-refractivity contribution is 7.90. The highest BCUT2D eigenvalue weighted by atomic mass is 32.2. The fourth-order valence-corrected chi connectivity index (χ4v) is 5.02. The van der Waals surface area contributed by atoms with Crippen LogP contribution >= 0.6 is 11.3 Å². The number of hydrogen-bond donors (Lipinski definition) is 0. The summed E-state index contributed by atoms with van der Waals surface area (Å²) in [6, 6.07) is 10.9. The van der Waals surface area contributed by atoms with Gasteiger partial charge in [0.05, 0.1) is 27.1 Å². The lowest BCUT2D eigenvalue weighted by atomic mass is 10.2. The number of rotatable bonds is 5. The average Bonchev–Trinajstić information content (AvgIpc) is 3.09. The van der Waals surface area contributed by atoms with E-state index in [4.69, 9.17) is 9.15 Å². The highest BCUT2D eigenvalue weighted by Crippen LogP contribution is 2.22. The minimum atomic E-state index is -3.47. The highest BCUT2D eigenvalue weighted by Gasteiger charge is 2.18. The van der Waals surface area contributed by atoms with Crippen molar-refractivity contribution in [2.45, 2.75) is 18.4 Å². The average molecular weight is 487 g/mol. The predicted molar refractivity (Wildman–Crippen MR) is 122 cm³/mol. The molecule has 0 radical (unpaired) electrons. The van der Waals surface area contributed by atoms with Crippen LogP contribution in [0.1, 0.15) is 17.3 Å². The predicted octanol–water partition coefficient (Wildman–Crippen LogP) is 2.52. The van der Waals surface area contributed by atoms with Crippen LogP contribution in [-0.2, 0) is 25.9 Å². The Labute approximate surface area is 191 Å². The zero-order chi connectivity index (χ0) is 23.8. The van der Waals surface area contributed by atoms with Gasteiger partial charge in [-0.2, -0.15) is 4.99 Å². The molecule has 0 bridgehead atoms. The number of carbonyl (C=O) groups is 2. The molecule has 11 heteroatoms. The normalized spacial score (nSPS) is 12.4. The van der Waals surface area contributed by atoms with E-state index >= 15 is 0 Å². The Morgan fingerprint density at radius 3 is 2.67 bits per heavy atom. The number of para-hydroxylation sites is 1. The molecule has 0 spiro atoms. The summed E-state index contributed by atoms with van der Waals surface area (Å²) in [5.41, 5.74) is 0.0535. The Kier molecular flexibility index (Phi) is 6.00. The Morgan fingerprint density at radius 2 is 1.94 bits per heavy atom. The molecule has 170 valence electrons. The molecule has 0 aliphatic carbocycles. The van der Waals surface area contributed by atoms with Crippen molar-refractivity contribution >= 4 is 54.2 Å². The molecule has 4 aromatic rings. The van der Waals surface area contributed by atoms with Gasteiger partial charge in [-0.05, 0) is 37.3 Å². The zero-order valence-corrected chi connectivity index (χ0v) is 19.2. The summed E-state index contributed by atoms with van der Waals surface area (Å²) in [4.78, 5) is 42.1. The number of amides is 1. The number of nitrogens with zero attached hydrogens (tertiary/aromatic N) is 2. The molecule has 0 atom stereocenters. The maximum absolute atomic E-state index is 12.9. The fourth-order valence-electron chi connectivity index (χ4n) is 3.23. The van der Waals surface area contributed by atoms with E-state index in [1.807, 2.05) is 0 Å². The zero-order valence-electron chi connectivity index (χ0n) is 17.6. The summed E-state index contributed by atoms with van der Waals surface area (Å²) < 4.78 is 36.2. The molecule has 2 aromatic carbocycles. The molecule has 2 aromatic heterocycles. The van der Waals surface area contributed by atoms with E-state index in [1.54, 1.807) is 31.2 Å². The lowest BCUT2D eigenvalue weighted by Crippen LogP contribution is -2.24. The topological polar surface area (TPSA) is 125 Å². The Bertz CT molecular complexity index is 1640. The summed E-state index contributed by atoms with van der Waals surface area (Å²) in [5, 5.41) is 0.243. The maximum Gasteiger partial charge on any atom is 0.326 e. The van der Waals surface area contributed by atoms with Gasteiger partial charge in [-0.15, -0.1) is 0 Å². The Balaban J connectivity index is 1.89. The van der Waals surface area contributed by atoms with Crippen LogP contribution in [0.15, 0.2) is 67.8 Å². The van der Waals surface area contributed by atoms with E-state index in [0.29, 0.717) is 15.8 Å². The van der Waals surface area contributed by atoms with Crippen molar-refractivity contribution in [3.8, 4) is 0 Å². The first kappa shape index (κ1) is 22.6. The van der Waals surface area contributed by atoms with E-state index < -0.39 is 27.1 Å². The van der Waals surface area contributed by atoms with Gasteiger partial charge in [0.15, 0.2) is 14.6 Å². The smallest absolute Gasteiger partial charge is 0.326 e. The van der Waals surface area contributed by atoms with Crippen molar-refractivity contribution in [1.82, 2.24) is 4.57 Å². The molecule has 1 amide bonds. The van der Waals surface area contributed by atoms with Crippen LogP contribution in [0.3, 0.4) is 0 Å². The van der Waals surface area contributed by atoms with Gasteiger partial charge in [0.25, 0.3) is 5.91 Å². The molecule has 0 saturated heterocycles. The lowest BCUT2D eigenvalue weighted by molar-refractivity contribution is -0.143. The van der Waals surface area contributed by atoms with Gasteiger partial charge in [-0.25, -0.2) is 8.42 Å². The van der Waals surface area contributed by atoms with Crippen LogP contribution in [-0.4, -0.2) is 37.7 Å². The number of carbonyl (C=O) groups excluding carboxylic acids is 2. The third-order valence-electron chi connectivity index (χ3n) is 4.78. The van der Waals surface area contributed by atoms with E-state index in [9.17, 15) is 22.8 Å². The van der Waals surface area contributed by atoms with E-state index in [0.717, 1.165) is 23.9 Å². The molecule has 0 saturated carbocycles. The number of benzene rings is 2. The van der Waals surface area contributed by atoms with Crippen molar-refractivity contribution < 1.29 is 27.2 Å². The third kappa shape index (κ3) is 4.50. The second kappa shape index (κ2) is 8.75. The monoisotopic (exact) mass is 486 g/mol. The summed E-state index contributed by atoms with van der Waals surface area (Å²) in [6.45, 7) is 1.59. The summed E-state index contributed by atoms with van der Waals surface area (Å²) in [6.07, 6.45) is 2.14. The summed E-state index contributed by atoms with van der Waals surface area (Å²) >= 11 is 1.02. The van der Waals surface area contributed by atoms with Crippen LogP contribution in [0.5, 0.6) is 0 Å². The number of esters is 1. The van der Waals surface area contributed by atoms with Crippen LogP contribution < -0.4 is 10.2 Å². The molecular formula is C22H18N2O7S2. The van der Waals surface area contributed by atoms with Gasteiger partial charge < -0.3 is 13.7 Å². The van der Waals surface area contributed by atoms with Gasteiger partial charge in [-0.3, -0.25) is 14.4 Å². The van der Waals surface area contributed by atoms with Crippen molar-refractivity contribution in [2.75, 3.05) is 12.9 Å². The largest absolute Gasteiger partial charge is 0.465 e. The van der Waals surface area contributed by atoms with Crippen molar-refractivity contribution in [1.29, 1.82) is 0 Å². The molecule has 0 aliphatic heterocycles. The molecule has 33 heavy (non-hydrogen) atoms. The van der Waals surface area contributed by atoms with E-state index in [-0.39, 0.29) is 33.8 Å². The molecule has 0 fully saturated rings. The van der Waals surface area contributed by atoms with Crippen molar-refractivity contribution in [2.24, 2.45) is 4.99 Å². The molecule has 0 unspecified atom stereocenters. The van der Waals surface area contributed by atoms with Gasteiger partial charge in [0, 0.05) is 6.26 Å². The van der Waals surface area contributed by atoms with Gasteiger partial charge >= 0.3 is 5.97 Å². The fraction of sp³-hybridized carbons (Fsp3) is 0.182. The van der Waals surface area contributed by atoms with Crippen molar-refractivity contribution in [3.05, 3.63) is 69.3 Å². The van der Waals surface area contributed by atoms with Crippen LogP contribution in [0.25, 0.3) is 21.2 Å². The Morgan fingerprint density at radius 1 is 1.18 bits per heavy atom. The number of ether oxygens (including phenoxy) is 1. The molecule has 4 rings (SSSR count).